The van der Waals surface area contributed by atoms with E-state index in [0.29, 0.717) is 43.1 Å². The van der Waals surface area contributed by atoms with E-state index in [9.17, 15) is 9.59 Å². The fourth-order valence-corrected chi connectivity index (χ4v) is 5.21. The van der Waals surface area contributed by atoms with E-state index in [1.54, 1.807) is 18.1 Å². The molecule has 8 nitrogen and oxygen atoms in total. The van der Waals surface area contributed by atoms with Crippen LogP contribution in [0.5, 0.6) is 5.75 Å². The van der Waals surface area contributed by atoms with Crippen molar-refractivity contribution in [2.45, 2.75) is 46.0 Å². The Balaban J connectivity index is 1.36. The highest BCUT2D eigenvalue weighted by Crippen LogP contribution is 2.37. The maximum atomic E-state index is 13.4. The Morgan fingerprint density at radius 2 is 1.86 bits per heavy atom. The standard InChI is InChI=1S/C29H32N4O4/c1-4-33-26-23(28(34)32(3)24-11-8-15-30-27(24)33)17-19(18-31-26)14-16-37-25-13-12-22(29(35)36-5-2)20-9-6-7-10-21(20)25/h8,11-13,15,17-18H,4-7,9-10,14,16H2,1-3H3. The molecule has 192 valence electrons. The van der Waals surface area contributed by atoms with Gasteiger partial charge in [-0.05, 0) is 86.6 Å². The lowest BCUT2D eigenvalue weighted by Crippen LogP contribution is -2.25. The molecule has 0 atom stereocenters. The molecule has 0 N–H and O–H groups in total. The van der Waals surface area contributed by atoms with Crippen LogP contribution in [0.2, 0.25) is 0 Å². The van der Waals surface area contributed by atoms with Gasteiger partial charge in [-0.3, -0.25) is 4.79 Å². The minimum Gasteiger partial charge on any atom is -0.493 e. The number of ether oxygens (including phenoxy) is 2. The van der Waals surface area contributed by atoms with Crippen molar-refractivity contribution in [2.75, 3.05) is 36.6 Å². The predicted molar refractivity (Wildman–Crippen MR) is 142 cm³/mol. The molecule has 0 radical (unpaired) electrons. The SMILES string of the molecule is CCOC(=O)c1ccc(OCCc2cnc3c(c2)C(=O)N(C)c2cccnc2N3CC)c2c1CCCC2. The van der Waals surface area contributed by atoms with Gasteiger partial charge in [0, 0.05) is 32.4 Å². The Labute approximate surface area is 217 Å². The van der Waals surface area contributed by atoms with Gasteiger partial charge < -0.3 is 19.3 Å². The average Bonchev–Trinajstić information content (AvgIpc) is 3.01. The second-order valence-corrected chi connectivity index (χ2v) is 9.26. The average molecular weight is 501 g/mol. The van der Waals surface area contributed by atoms with Gasteiger partial charge in [0.15, 0.2) is 5.82 Å². The molecule has 2 aromatic heterocycles. The molecule has 0 saturated heterocycles. The highest BCUT2D eigenvalue weighted by atomic mass is 16.5. The minimum atomic E-state index is -0.267. The van der Waals surface area contributed by atoms with Crippen molar-refractivity contribution in [1.29, 1.82) is 0 Å². The van der Waals surface area contributed by atoms with Gasteiger partial charge in [-0.25, -0.2) is 14.8 Å². The largest absolute Gasteiger partial charge is 0.493 e. The molecular formula is C29H32N4O4. The number of rotatable bonds is 7. The first kappa shape index (κ1) is 24.7. The normalized spacial score (nSPS) is 14.4. The fraction of sp³-hybridized carbons (Fsp3) is 0.379. The second kappa shape index (κ2) is 10.6. The second-order valence-electron chi connectivity index (χ2n) is 9.26. The minimum absolute atomic E-state index is 0.112. The molecule has 5 rings (SSSR count). The summed E-state index contributed by atoms with van der Waals surface area (Å²) in [6.07, 6.45) is 8.02. The van der Waals surface area contributed by atoms with Crippen molar-refractivity contribution in [3.8, 4) is 5.75 Å². The third kappa shape index (κ3) is 4.63. The maximum Gasteiger partial charge on any atom is 0.338 e. The van der Waals surface area contributed by atoms with Crippen molar-refractivity contribution in [1.82, 2.24) is 9.97 Å². The van der Waals surface area contributed by atoms with Crippen LogP contribution >= 0.6 is 0 Å². The Morgan fingerprint density at radius 3 is 2.65 bits per heavy atom. The number of carbonyl (C=O) groups is 2. The molecule has 0 unspecified atom stereocenters. The number of aromatic nitrogens is 2. The van der Waals surface area contributed by atoms with Crippen LogP contribution in [0, 0.1) is 0 Å². The summed E-state index contributed by atoms with van der Waals surface area (Å²) in [5.74, 6) is 1.78. The molecule has 37 heavy (non-hydrogen) atoms. The van der Waals surface area contributed by atoms with E-state index in [4.69, 9.17) is 14.5 Å². The van der Waals surface area contributed by atoms with Crippen molar-refractivity contribution < 1.29 is 19.1 Å². The molecule has 1 aromatic carbocycles. The third-order valence-corrected chi connectivity index (χ3v) is 7.05. The molecule has 0 saturated carbocycles. The highest BCUT2D eigenvalue weighted by molar-refractivity contribution is 6.12. The lowest BCUT2D eigenvalue weighted by molar-refractivity contribution is 0.0524. The van der Waals surface area contributed by atoms with E-state index in [2.05, 4.69) is 4.98 Å². The summed E-state index contributed by atoms with van der Waals surface area (Å²) in [6.45, 7) is 5.28. The Hall–Kier alpha value is -3.94. The number of hydrogen-bond acceptors (Lipinski definition) is 7. The van der Waals surface area contributed by atoms with Gasteiger partial charge in [-0.2, -0.15) is 0 Å². The van der Waals surface area contributed by atoms with Gasteiger partial charge in [-0.1, -0.05) is 0 Å². The lowest BCUT2D eigenvalue weighted by atomic mass is 9.87. The molecule has 1 amide bonds. The fourth-order valence-electron chi connectivity index (χ4n) is 5.21. The monoisotopic (exact) mass is 500 g/mol. The molecular weight excluding hydrogens is 468 g/mol. The molecule has 1 aliphatic heterocycles. The van der Waals surface area contributed by atoms with E-state index in [-0.39, 0.29) is 11.9 Å². The Morgan fingerprint density at radius 1 is 1.05 bits per heavy atom. The highest BCUT2D eigenvalue weighted by Gasteiger charge is 2.30. The van der Waals surface area contributed by atoms with Crippen molar-refractivity contribution in [3.05, 3.63) is 70.5 Å². The van der Waals surface area contributed by atoms with Gasteiger partial charge in [0.1, 0.15) is 11.6 Å². The number of pyridine rings is 2. The van der Waals surface area contributed by atoms with E-state index in [1.807, 2.05) is 55.3 Å². The number of esters is 1. The number of hydrogen-bond donors (Lipinski definition) is 0. The van der Waals surface area contributed by atoms with Gasteiger partial charge in [-0.15, -0.1) is 0 Å². The molecule has 2 aliphatic rings. The van der Waals surface area contributed by atoms with E-state index >= 15 is 0 Å². The lowest BCUT2D eigenvalue weighted by Gasteiger charge is -2.23. The smallest absolute Gasteiger partial charge is 0.338 e. The van der Waals surface area contributed by atoms with Crippen LogP contribution in [0.25, 0.3) is 0 Å². The topological polar surface area (TPSA) is 84.9 Å². The van der Waals surface area contributed by atoms with Crippen molar-refractivity contribution in [3.63, 3.8) is 0 Å². The molecule has 0 bridgehead atoms. The quantitative estimate of drug-likeness (QED) is 0.427. The molecule has 8 heteroatoms. The summed E-state index contributed by atoms with van der Waals surface area (Å²) >= 11 is 0. The van der Waals surface area contributed by atoms with Gasteiger partial charge in [0.25, 0.3) is 5.91 Å². The molecule has 0 spiro atoms. The molecule has 1 aliphatic carbocycles. The number of amides is 1. The molecule has 0 fully saturated rings. The van der Waals surface area contributed by atoms with Crippen LogP contribution in [-0.4, -0.2) is 48.7 Å². The number of anilines is 3. The first-order chi connectivity index (χ1) is 18.0. The predicted octanol–water partition coefficient (Wildman–Crippen LogP) is 4.90. The zero-order valence-electron chi connectivity index (χ0n) is 21.6. The van der Waals surface area contributed by atoms with Crippen LogP contribution in [0.4, 0.5) is 17.3 Å². The van der Waals surface area contributed by atoms with Gasteiger partial charge in [0.2, 0.25) is 0 Å². The van der Waals surface area contributed by atoms with Crippen LogP contribution in [0.3, 0.4) is 0 Å². The van der Waals surface area contributed by atoms with Gasteiger partial charge in [0.05, 0.1) is 30.0 Å². The van der Waals surface area contributed by atoms with E-state index < -0.39 is 0 Å². The summed E-state index contributed by atoms with van der Waals surface area (Å²) in [5.41, 5.74) is 5.04. The first-order valence-electron chi connectivity index (χ1n) is 13.0. The summed E-state index contributed by atoms with van der Waals surface area (Å²) in [7, 11) is 1.77. The van der Waals surface area contributed by atoms with Crippen LogP contribution in [0.15, 0.2) is 42.7 Å². The first-order valence-corrected chi connectivity index (χ1v) is 13.0. The van der Waals surface area contributed by atoms with Crippen molar-refractivity contribution >= 4 is 29.2 Å². The Bertz CT molecular complexity index is 1340. The summed E-state index contributed by atoms with van der Waals surface area (Å²) in [4.78, 5) is 38.6. The van der Waals surface area contributed by atoms with Crippen LogP contribution in [-0.2, 0) is 24.0 Å². The summed E-state index contributed by atoms with van der Waals surface area (Å²) < 4.78 is 11.5. The molecule has 3 aromatic rings. The maximum absolute atomic E-state index is 13.4. The third-order valence-electron chi connectivity index (χ3n) is 7.05. The van der Waals surface area contributed by atoms with Gasteiger partial charge >= 0.3 is 5.97 Å². The zero-order valence-corrected chi connectivity index (χ0v) is 21.6. The van der Waals surface area contributed by atoms with Crippen LogP contribution < -0.4 is 14.5 Å². The van der Waals surface area contributed by atoms with Crippen molar-refractivity contribution in [2.24, 2.45) is 0 Å². The molecule has 3 heterocycles. The van der Waals surface area contributed by atoms with Crippen LogP contribution in [0.1, 0.15) is 64.1 Å². The number of fused-ring (bicyclic) bond motifs is 3. The number of carbonyl (C=O) groups excluding carboxylic acids is 2. The zero-order chi connectivity index (χ0) is 25.9. The van der Waals surface area contributed by atoms with E-state index in [1.165, 1.54) is 0 Å². The number of benzene rings is 1. The summed E-state index contributed by atoms with van der Waals surface area (Å²) in [5, 5.41) is 0. The summed E-state index contributed by atoms with van der Waals surface area (Å²) in [6, 6.07) is 9.35. The Kier molecular flexibility index (Phi) is 7.08. The number of nitrogens with zero attached hydrogens (tertiary/aromatic N) is 4. The van der Waals surface area contributed by atoms with E-state index in [0.717, 1.165) is 59.6 Å².